The first-order valence-corrected chi connectivity index (χ1v) is 44.1. The molecule has 0 aliphatic carbocycles. The van der Waals surface area contributed by atoms with Crippen LogP contribution in [0.2, 0.25) is 0 Å². The standard InChI is InChI=1S/C85H148O17P2/c1-5-9-13-17-21-25-29-33-37-39-43-47-51-55-59-63-67-71-84(89)101-80(75-95-82(87)69-65-61-57-53-49-45-41-35-31-27-23-19-15-11-7-3)77-99-103(91,92)97-73-79(86)74-98-104(93,94)100-78-81(76-96-83(88)70-66-62-58-54-50-46-42-36-32-28-24-20-16-12-8-4)102-85(90)72-68-64-60-56-52-48-44-40-38-34-30-26-22-18-14-10-6-2/h21-22,25-26,33-35,37-38,41,43-44,47-48,55-56,59-60,79-81,86H,5-20,23-24,27-32,36,39-40,42,45-46,49-54,57-58,61-78H2,1-4H3,(H,91,92)(H,93,94)/b25-21-,26-22-,37-33-,38-34-,41-35-,47-43-,48-44-,59-55-,60-56-/t79-,80+,81+/m0/s1. The van der Waals surface area contributed by atoms with Crippen molar-refractivity contribution >= 4 is 39.5 Å². The monoisotopic (exact) mass is 1500 g/mol. The van der Waals surface area contributed by atoms with Crippen LogP contribution in [0.4, 0.5) is 0 Å². The molecule has 0 rings (SSSR count). The number of ether oxygens (including phenoxy) is 4. The quantitative estimate of drug-likeness (QED) is 0.0169. The normalized spacial score (nSPS) is 14.4. The summed E-state index contributed by atoms with van der Waals surface area (Å²) in [6, 6.07) is 0. The Morgan fingerprint density at radius 1 is 0.269 bits per heavy atom. The number of aliphatic hydroxyl groups is 1. The van der Waals surface area contributed by atoms with Gasteiger partial charge in [0.25, 0.3) is 0 Å². The zero-order valence-electron chi connectivity index (χ0n) is 65.7. The maximum absolute atomic E-state index is 13.1. The van der Waals surface area contributed by atoms with E-state index in [1.807, 2.05) is 24.3 Å². The van der Waals surface area contributed by atoms with Crippen LogP contribution in [0.25, 0.3) is 0 Å². The highest BCUT2D eigenvalue weighted by atomic mass is 31.2. The average molecular weight is 1500 g/mol. The van der Waals surface area contributed by atoms with E-state index >= 15 is 0 Å². The third-order valence-electron chi connectivity index (χ3n) is 17.2. The first kappa shape index (κ1) is 99.7. The third-order valence-corrected chi connectivity index (χ3v) is 19.1. The van der Waals surface area contributed by atoms with Gasteiger partial charge in [-0.15, -0.1) is 0 Å². The van der Waals surface area contributed by atoms with Crippen LogP contribution < -0.4 is 0 Å². The number of carbonyl (C=O) groups is 4. The molecule has 600 valence electrons. The topological polar surface area (TPSA) is 237 Å². The maximum Gasteiger partial charge on any atom is 0.472 e. The highest BCUT2D eigenvalue weighted by molar-refractivity contribution is 7.47. The van der Waals surface area contributed by atoms with E-state index in [9.17, 15) is 43.2 Å². The number of hydrogen-bond donors (Lipinski definition) is 3. The SMILES string of the molecule is CCCCC/C=C\C/C=C\C/C=C\C/C=C\CCCC(=O)O[C@H](COC(=O)CCCCCCC/C=C\CCCCCCCC)COP(=O)(O)OC[C@H](O)COP(=O)(O)OC[C@@H](COC(=O)CCCCCCCCCCCCCCCCC)OC(=O)CCC/C=C\C/C=C\C/C=C\C/C=C\CCCCC. The molecule has 0 aromatic rings. The lowest BCUT2D eigenvalue weighted by Gasteiger charge is -2.21. The van der Waals surface area contributed by atoms with Gasteiger partial charge in [0, 0.05) is 25.7 Å². The van der Waals surface area contributed by atoms with E-state index in [0.717, 1.165) is 109 Å². The van der Waals surface area contributed by atoms with Crippen LogP contribution in [0.1, 0.15) is 349 Å². The summed E-state index contributed by atoms with van der Waals surface area (Å²) in [6.07, 6.45) is 83.6. The van der Waals surface area contributed by atoms with Crippen LogP contribution in [0.3, 0.4) is 0 Å². The number of rotatable bonds is 77. The number of phosphoric ester groups is 2. The van der Waals surface area contributed by atoms with Gasteiger partial charge in [0.15, 0.2) is 12.2 Å². The first-order chi connectivity index (χ1) is 50.7. The minimum Gasteiger partial charge on any atom is -0.462 e. The predicted molar refractivity (Wildman–Crippen MR) is 427 cm³/mol. The van der Waals surface area contributed by atoms with Gasteiger partial charge in [-0.2, -0.15) is 0 Å². The molecule has 0 heterocycles. The summed E-state index contributed by atoms with van der Waals surface area (Å²) in [6.45, 7) is 4.72. The van der Waals surface area contributed by atoms with Crippen molar-refractivity contribution in [2.45, 2.75) is 367 Å². The van der Waals surface area contributed by atoms with Gasteiger partial charge in [0.05, 0.1) is 26.4 Å². The number of allylic oxidation sites excluding steroid dienone is 18. The third kappa shape index (κ3) is 75.9. The molecule has 0 saturated carbocycles. The molecule has 0 radical (unpaired) electrons. The zero-order chi connectivity index (χ0) is 76.0. The van der Waals surface area contributed by atoms with Gasteiger partial charge in [-0.05, 0) is 128 Å². The summed E-state index contributed by atoms with van der Waals surface area (Å²) in [4.78, 5) is 73.0. The van der Waals surface area contributed by atoms with E-state index in [2.05, 4.69) is 113 Å². The molecule has 3 N–H and O–H groups in total. The molecule has 0 aliphatic rings. The molecule has 17 nitrogen and oxygen atoms in total. The van der Waals surface area contributed by atoms with Gasteiger partial charge in [-0.25, -0.2) is 9.13 Å². The van der Waals surface area contributed by atoms with Crippen LogP contribution in [0.15, 0.2) is 109 Å². The molecule has 0 aliphatic heterocycles. The highest BCUT2D eigenvalue weighted by Gasteiger charge is 2.30. The number of phosphoric acid groups is 2. The molecule has 19 heteroatoms. The van der Waals surface area contributed by atoms with Gasteiger partial charge >= 0.3 is 39.5 Å². The molecule has 0 amide bonds. The Hall–Kier alpha value is -4.28. The molecule has 2 unspecified atom stereocenters. The molecule has 0 aromatic heterocycles. The Morgan fingerprint density at radius 3 is 0.779 bits per heavy atom. The summed E-state index contributed by atoms with van der Waals surface area (Å²) in [5.41, 5.74) is 0. The average Bonchev–Trinajstić information content (AvgIpc) is 0.907. The van der Waals surface area contributed by atoms with E-state index < -0.39 is 97.5 Å². The van der Waals surface area contributed by atoms with Gasteiger partial charge < -0.3 is 33.8 Å². The van der Waals surface area contributed by atoms with Crippen molar-refractivity contribution in [3.63, 3.8) is 0 Å². The molecule has 0 fully saturated rings. The van der Waals surface area contributed by atoms with Gasteiger partial charge in [-0.1, -0.05) is 304 Å². The Kier molecular flexibility index (Phi) is 73.7. The van der Waals surface area contributed by atoms with Crippen molar-refractivity contribution in [3.8, 4) is 0 Å². The number of carbonyl (C=O) groups excluding carboxylic acids is 4. The number of hydrogen-bond acceptors (Lipinski definition) is 15. The van der Waals surface area contributed by atoms with Crippen molar-refractivity contribution in [2.24, 2.45) is 0 Å². The molecule has 0 saturated heterocycles. The smallest absolute Gasteiger partial charge is 0.462 e. The maximum atomic E-state index is 13.1. The number of unbranched alkanes of at least 4 members (excludes halogenated alkanes) is 33. The van der Waals surface area contributed by atoms with Crippen molar-refractivity contribution < 1.29 is 80.2 Å². The minimum absolute atomic E-state index is 0.0159. The van der Waals surface area contributed by atoms with E-state index in [0.29, 0.717) is 38.5 Å². The van der Waals surface area contributed by atoms with Gasteiger partial charge in [-0.3, -0.25) is 37.3 Å². The van der Waals surface area contributed by atoms with Crippen molar-refractivity contribution in [1.29, 1.82) is 0 Å². The molecule has 5 atom stereocenters. The van der Waals surface area contributed by atoms with Crippen LogP contribution in [-0.2, 0) is 65.4 Å². The van der Waals surface area contributed by atoms with E-state index in [1.165, 1.54) is 148 Å². The largest absolute Gasteiger partial charge is 0.472 e. The number of esters is 4. The van der Waals surface area contributed by atoms with Gasteiger partial charge in [0.2, 0.25) is 0 Å². The number of aliphatic hydroxyl groups excluding tert-OH is 1. The second-order valence-electron chi connectivity index (χ2n) is 27.4. The predicted octanol–water partition coefficient (Wildman–Crippen LogP) is 24.1. The van der Waals surface area contributed by atoms with E-state index in [4.69, 9.17) is 37.0 Å². The Labute approximate surface area is 632 Å². The minimum atomic E-state index is -5.00. The second-order valence-corrected chi connectivity index (χ2v) is 30.3. The summed E-state index contributed by atoms with van der Waals surface area (Å²) < 4.78 is 68.6. The molecule has 0 spiro atoms. The summed E-state index contributed by atoms with van der Waals surface area (Å²) in [5, 5.41) is 10.6. The molecule has 0 bridgehead atoms. The van der Waals surface area contributed by atoms with Crippen molar-refractivity contribution in [1.82, 2.24) is 0 Å². The Morgan fingerprint density at radius 2 is 0.481 bits per heavy atom. The van der Waals surface area contributed by atoms with E-state index in [-0.39, 0.29) is 25.7 Å². The molecular formula is C85H148O17P2. The lowest BCUT2D eigenvalue weighted by molar-refractivity contribution is -0.161. The summed E-state index contributed by atoms with van der Waals surface area (Å²) >= 11 is 0. The summed E-state index contributed by atoms with van der Waals surface area (Å²) in [7, 11) is -9.99. The summed E-state index contributed by atoms with van der Waals surface area (Å²) in [5.74, 6) is -2.30. The first-order valence-electron chi connectivity index (χ1n) is 41.1. The molecule has 104 heavy (non-hydrogen) atoms. The lowest BCUT2D eigenvalue weighted by Crippen LogP contribution is -2.30. The van der Waals surface area contributed by atoms with Crippen molar-refractivity contribution in [3.05, 3.63) is 109 Å². The van der Waals surface area contributed by atoms with Crippen LogP contribution in [0, 0.1) is 0 Å². The van der Waals surface area contributed by atoms with Crippen LogP contribution in [-0.4, -0.2) is 96.7 Å². The van der Waals surface area contributed by atoms with Crippen molar-refractivity contribution in [2.75, 3.05) is 39.6 Å². The Bertz CT molecular complexity index is 2390. The zero-order valence-corrected chi connectivity index (χ0v) is 67.5. The molecular weight excluding hydrogens is 1350 g/mol. The fraction of sp³-hybridized carbons (Fsp3) is 0.741. The fourth-order valence-electron chi connectivity index (χ4n) is 10.9. The van der Waals surface area contributed by atoms with Crippen LogP contribution >= 0.6 is 15.6 Å². The fourth-order valence-corrected chi connectivity index (χ4v) is 12.5. The second kappa shape index (κ2) is 76.9. The van der Waals surface area contributed by atoms with E-state index in [1.54, 1.807) is 0 Å². The molecule has 0 aromatic carbocycles. The van der Waals surface area contributed by atoms with Gasteiger partial charge in [0.1, 0.15) is 19.3 Å². The highest BCUT2D eigenvalue weighted by Crippen LogP contribution is 2.45. The van der Waals surface area contributed by atoms with Crippen LogP contribution in [0.5, 0.6) is 0 Å². The Balaban J connectivity index is 5.46. The lowest BCUT2D eigenvalue weighted by atomic mass is 10.0.